The second-order valence-corrected chi connectivity index (χ2v) is 7.17. The number of hydrogen-bond acceptors (Lipinski definition) is 3. The van der Waals surface area contributed by atoms with Crippen molar-refractivity contribution in [2.45, 2.75) is 33.2 Å². The van der Waals surface area contributed by atoms with Gasteiger partial charge in [-0.05, 0) is 31.0 Å². The van der Waals surface area contributed by atoms with E-state index in [1.54, 1.807) is 0 Å². The number of carbonyl (C=O) groups is 1. The highest BCUT2D eigenvalue weighted by Crippen LogP contribution is 2.25. The summed E-state index contributed by atoms with van der Waals surface area (Å²) in [6.45, 7) is 9.00. The molecule has 2 aliphatic heterocycles. The SMILES string of the molecule is CCNC(=NCc1ccc(N2CCCC2=O)cc1)NCC1(C)COC1.I. The lowest BCUT2D eigenvalue weighted by atomic mass is 9.89. The first-order valence-electron chi connectivity index (χ1n) is 9.09. The van der Waals surface area contributed by atoms with Gasteiger partial charge in [0.1, 0.15) is 0 Å². The van der Waals surface area contributed by atoms with Gasteiger partial charge in [-0.1, -0.05) is 19.1 Å². The lowest BCUT2D eigenvalue weighted by Gasteiger charge is -2.38. The molecule has 0 spiro atoms. The van der Waals surface area contributed by atoms with E-state index in [9.17, 15) is 4.79 Å². The molecule has 7 heteroatoms. The molecule has 0 radical (unpaired) electrons. The largest absolute Gasteiger partial charge is 0.380 e. The molecule has 2 aliphatic rings. The Morgan fingerprint density at radius 3 is 2.54 bits per heavy atom. The number of benzene rings is 1. The van der Waals surface area contributed by atoms with Crippen molar-refractivity contribution >= 4 is 41.5 Å². The number of ether oxygens (including phenoxy) is 1. The normalized spacial score (nSPS) is 18.9. The number of aliphatic imine (C=N–C) groups is 1. The summed E-state index contributed by atoms with van der Waals surface area (Å²) in [6.07, 6.45) is 1.61. The Hall–Kier alpha value is -1.35. The van der Waals surface area contributed by atoms with Crippen LogP contribution in [0.15, 0.2) is 29.3 Å². The molecule has 1 aromatic rings. The zero-order valence-electron chi connectivity index (χ0n) is 15.6. The number of amides is 1. The van der Waals surface area contributed by atoms with Gasteiger partial charge >= 0.3 is 0 Å². The van der Waals surface area contributed by atoms with E-state index in [0.717, 1.165) is 56.5 Å². The zero-order chi connectivity index (χ0) is 17.7. The van der Waals surface area contributed by atoms with Gasteiger partial charge in [-0.15, -0.1) is 24.0 Å². The summed E-state index contributed by atoms with van der Waals surface area (Å²) in [5, 5.41) is 6.68. The molecule has 1 aromatic carbocycles. The number of carbonyl (C=O) groups excluding carboxylic acids is 1. The summed E-state index contributed by atoms with van der Waals surface area (Å²) in [5.74, 6) is 1.05. The molecule has 2 fully saturated rings. The molecule has 0 unspecified atom stereocenters. The third-order valence-corrected chi connectivity index (χ3v) is 4.67. The fourth-order valence-electron chi connectivity index (χ4n) is 3.06. The molecule has 26 heavy (non-hydrogen) atoms. The molecule has 0 bridgehead atoms. The van der Waals surface area contributed by atoms with E-state index in [1.165, 1.54) is 0 Å². The topological polar surface area (TPSA) is 66.0 Å². The second kappa shape index (κ2) is 9.55. The lowest BCUT2D eigenvalue weighted by Crippen LogP contribution is -2.51. The van der Waals surface area contributed by atoms with Crippen LogP contribution >= 0.6 is 24.0 Å². The molecule has 6 nitrogen and oxygen atoms in total. The average molecular weight is 472 g/mol. The fourth-order valence-corrected chi connectivity index (χ4v) is 3.06. The monoisotopic (exact) mass is 472 g/mol. The highest BCUT2D eigenvalue weighted by Gasteiger charge is 2.33. The number of halogens is 1. The molecule has 1 amide bonds. The molecule has 144 valence electrons. The van der Waals surface area contributed by atoms with Crippen LogP contribution in [-0.2, 0) is 16.1 Å². The van der Waals surface area contributed by atoms with E-state index < -0.39 is 0 Å². The van der Waals surface area contributed by atoms with Gasteiger partial charge in [-0.25, -0.2) is 4.99 Å². The number of guanidine groups is 1. The minimum Gasteiger partial charge on any atom is -0.380 e. The van der Waals surface area contributed by atoms with Gasteiger partial charge in [-0.3, -0.25) is 4.79 Å². The first kappa shape index (κ1) is 21.0. The zero-order valence-corrected chi connectivity index (χ0v) is 17.9. The summed E-state index contributed by atoms with van der Waals surface area (Å²) in [4.78, 5) is 18.3. The van der Waals surface area contributed by atoms with Gasteiger partial charge in [0, 0.05) is 37.2 Å². The van der Waals surface area contributed by atoms with Crippen molar-refractivity contribution in [3.63, 3.8) is 0 Å². The standard InChI is InChI=1S/C19H28N4O2.HI/c1-3-20-18(22-12-19(2)13-25-14-19)21-11-15-6-8-16(9-7-15)23-10-4-5-17(23)24;/h6-9H,3-5,10-14H2,1-2H3,(H2,20,21,22);1H. The average Bonchev–Trinajstić information content (AvgIpc) is 3.02. The van der Waals surface area contributed by atoms with Crippen LogP contribution < -0.4 is 15.5 Å². The van der Waals surface area contributed by atoms with Crippen LogP contribution in [0, 0.1) is 5.41 Å². The molecule has 0 aliphatic carbocycles. The van der Waals surface area contributed by atoms with Gasteiger partial charge in [0.15, 0.2) is 5.96 Å². The Bertz CT molecular complexity index is 629. The third-order valence-electron chi connectivity index (χ3n) is 4.67. The molecule has 3 rings (SSSR count). The first-order chi connectivity index (χ1) is 12.1. The number of hydrogen-bond donors (Lipinski definition) is 2. The summed E-state index contributed by atoms with van der Waals surface area (Å²) in [6, 6.07) is 8.13. The molecule has 0 atom stereocenters. The highest BCUT2D eigenvalue weighted by atomic mass is 127. The highest BCUT2D eigenvalue weighted by molar-refractivity contribution is 14.0. The predicted molar refractivity (Wildman–Crippen MR) is 115 cm³/mol. The van der Waals surface area contributed by atoms with Crippen molar-refractivity contribution in [1.82, 2.24) is 10.6 Å². The Morgan fingerprint density at radius 2 is 2.00 bits per heavy atom. The van der Waals surface area contributed by atoms with Crippen molar-refractivity contribution in [3.05, 3.63) is 29.8 Å². The maximum Gasteiger partial charge on any atom is 0.227 e. The Labute approximate surface area is 172 Å². The maximum absolute atomic E-state index is 11.8. The summed E-state index contributed by atoms with van der Waals surface area (Å²) in [7, 11) is 0. The van der Waals surface area contributed by atoms with E-state index in [1.807, 2.05) is 17.0 Å². The number of nitrogens with one attached hydrogen (secondary N) is 2. The summed E-state index contributed by atoms with van der Waals surface area (Å²) < 4.78 is 5.29. The van der Waals surface area contributed by atoms with E-state index in [4.69, 9.17) is 4.74 Å². The first-order valence-corrected chi connectivity index (χ1v) is 9.09. The minimum absolute atomic E-state index is 0. The molecule has 0 aromatic heterocycles. The van der Waals surface area contributed by atoms with Crippen LogP contribution in [0.3, 0.4) is 0 Å². The van der Waals surface area contributed by atoms with Crippen molar-refractivity contribution < 1.29 is 9.53 Å². The molecular weight excluding hydrogens is 443 g/mol. The van der Waals surface area contributed by atoms with Crippen LogP contribution in [0.2, 0.25) is 0 Å². The van der Waals surface area contributed by atoms with E-state index >= 15 is 0 Å². The lowest BCUT2D eigenvalue weighted by molar-refractivity contribution is -0.117. The van der Waals surface area contributed by atoms with Gasteiger partial charge in [-0.2, -0.15) is 0 Å². The quantitative estimate of drug-likeness (QED) is 0.380. The smallest absolute Gasteiger partial charge is 0.227 e. The molecule has 2 saturated heterocycles. The van der Waals surface area contributed by atoms with Gasteiger partial charge in [0.2, 0.25) is 5.91 Å². The molecule has 2 heterocycles. The number of anilines is 1. The number of rotatable bonds is 6. The third kappa shape index (κ3) is 5.33. The van der Waals surface area contributed by atoms with E-state index in [2.05, 4.69) is 41.6 Å². The predicted octanol–water partition coefficient (Wildman–Crippen LogP) is 2.52. The van der Waals surface area contributed by atoms with Crippen molar-refractivity contribution in [2.75, 3.05) is 37.7 Å². The van der Waals surface area contributed by atoms with Gasteiger partial charge in [0.25, 0.3) is 0 Å². The van der Waals surface area contributed by atoms with Crippen molar-refractivity contribution in [1.29, 1.82) is 0 Å². The maximum atomic E-state index is 11.8. The number of nitrogens with zero attached hydrogens (tertiary/aromatic N) is 2. The Morgan fingerprint density at radius 1 is 1.27 bits per heavy atom. The minimum atomic E-state index is 0. The van der Waals surface area contributed by atoms with Crippen LogP contribution in [0.5, 0.6) is 0 Å². The second-order valence-electron chi connectivity index (χ2n) is 7.17. The van der Waals surface area contributed by atoms with Crippen LogP contribution in [0.1, 0.15) is 32.3 Å². The van der Waals surface area contributed by atoms with Crippen molar-refractivity contribution in [3.8, 4) is 0 Å². The van der Waals surface area contributed by atoms with Gasteiger partial charge < -0.3 is 20.3 Å². The van der Waals surface area contributed by atoms with Crippen LogP contribution in [0.25, 0.3) is 0 Å². The Kier molecular flexibility index (Phi) is 7.69. The molecular formula is C19H29IN4O2. The van der Waals surface area contributed by atoms with Crippen LogP contribution in [0.4, 0.5) is 5.69 Å². The van der Waals surface area contributed by atoms with Crippen molar-refractivity contribution in [2.24, 2.45) is 10.4 Å². The fraction of sp³-hybridized carbons (Fsp3) is 0.579. The molecule has 2 N–H and O–H groups in total. The summed E-state index contributed by atoms with van der Waals surface area (Å²) >= 11 is 0. The summed E-state index contributed by atoms with van der Waals surface area (Å²) in [5.41, 5.74) is 2.32. The van der Waals surface area contributed by atoms with E-state index in [0.29, 0.717) is 13.0 Å². The van der Waals surface area contributed by atoms with Gasteiger partial charge in [0.05, 0.1) is 19.8 Å². The molecule has 0 saturated carbocycles. The van der Waals surface area contributed by atoms with Crippen LogP contribution in [-0.4, -0.2) is 44.7 Å². The van der Waals surface area contributed by atoms with E-state index in [-0.39, 0.29) is 35.3 Å². The Balaban J connectivity index is 0.00000243.